The molecule has 0 unspecified atom stereocenters. The average molecular weight is 562 g/mol. The van der Waals surface area contributed by atoms with Crippen molar-refractivity contribution in [2.75, 3.05) is 0 Å². The van der Waals surface area contributed by atoms with Gasteiger partial charge in [-0.3, -0.25) is 9.78 Å². The topological polar surface area (TPSA) is 99.6 Å². The number of benzene rings is 1. The van der Waals surface area contributed by atoms with E-state index in [-0.39, 0.29) is 17.5 Å². The second-order valence-corrected chi connectivity index (χ2v) is 10.6. The van der Waals surface area contributed by atoms with Crippen LogP contribution in [0.15, 0.2) is 41.4 Å². The Morgan fingerprint density at radius 2 is 1.71 bits per heavy atom. The fourth-order valence-corrected chi connectivity index (χ4v) is 6.04. The lowest BCUT2D eigenvalue weighted by Gasteiger charge is -2.27. The van der Waals surface area contributed by atoms with Crippen LogP contribution in [0, 0.1) is 24.5 Å². The van der Waals surface area contributed by atoms with Gasteiger partial charge in [0, 0.05) is 29.8 Å². The molecule has 4 rings (SSSR count). The number of carbonyl (C=O) groups excluding carboxylic acids is 1. The second kappa shape index (κ2) is 13.1. The van der Waals surface area contributed by atoms with E-state index < -0.39 is 40.0 Å². The maximum Gasteiger partial charge on any atom is 0.519 e. The number of hydrogen-bond acceptors (Lipinski definition) is 5. The summed E-state index contributed by atoms with van der Waals surface area (Å²) in [4.78, 5) is 17.0. The van der Waals surface area contributed by atoms with E-state index in [0.717, 1.165) is 37.1 Å². The Morgan fingerprint density at radius 3 is 2.24 bits per heavy atom. The molecule has 38 heavy (non-hydrogen) atoms. The molecule has 0 radical (unpaired) electrons. The van der Waals surface area contributed by atoms with Crippen LogP contribution in [0.25, 0.3) is 0 Å². The maximum absolute atomic E-state index is 14.2. The number of halogens is 5. The quantitative estimate of drug-likeness (QED) is 0.406. The van der Waals surface area contributed by atoms with E-state index in [0.29, 0.717) is 24.3 Å². The Kier molecular flexibility index (Phi) is 10.8. The van der Waals surface area contributed by atoms with Crippen molar-refractivity contribution >= 4 is 15.9 Å². The Hall–Kier alpha value is -3.08. The molecule has 0 spiro atoms. The van der Waals surface area contributed by atoms with Gasteiger partial charge in [0.05, 0.1) is 11.1 Å². The van der Waals surface area contributed by atoms with E-state index in [1.807, 2.05) is 0 Å². The Labute approximate surface area is 218 Å². The minimum atomic E-state index is -5.00. The predicted octanol–water partition coefficient (Wildman–Crippen LogP) is 4.23. The van der Waals surface area contributed by atoms with E-state index in [1.54, 1.807) is 13.0 Å². The predicted molar refractivity (Wildman–Crippen MR) is 129 cm³/mol. The van der Waals surface area contributed by atoms with Gasteiger partial charge in [-0.05, 0) is 62.9 Å². The van der Waals surface area contributed by atoms with Crippen molar-refractivity contribution in [2.45, 2.75) is 74.8 Å². The van der Waals surface area contributed by atoms with E-state index in [2.05, 4.69) is 23.1 Å². The minimum absolute atomic E-state index is 0.0395. The molecule has 2 N–H and O–H groups in total. The van der Waals surface area contributed by atoms with Crippen LogP contribution in [0.2, 0.25) is 0 Å². The zero-order valence-electron chi connectivity index (χ0n) is 20.5. The summed E-state index contributed by atoms with van der Waals surface area (Å²) >= 11 is 0. The van der Waals surface area contributed by atoms with Crippen molar-refractivity contribution in [3.05, 3.63) is 59.4 Å². The molecule has 13 heteroatoms. The van der Waals surface area contributed by atoms with Gasteiger partial charge in [-0.15, -0.1) is 26.0 Å². The van der Waals surface area contributed by atoms with Gasteiger partial charge in [0.2, 0.25) is 15.9 Å². The zero-order chi connectivity index (χ0) is 28.7. The zero-order valence-corrected chi connectivity index (χ0v) is 21.3. The highest BCUT2D eigenvalue weighted by Gasteiger charge is 2.43. The fourth-order valence-electron chi connectivity index (χ4n) is 4.20. The number of carbonyl (C=O) groups is 1. The minimum Gasteiger partial charge on any atom is -0.351 e. The maximum atomic E-state index is 14.2. The smallest absolute Gasteiger partial charge is 0.351 e. The molecule has 2 fully saturated rings. The number of alkyl halides is 3. The summed E-state index contributed by atoms with van der Waals surface area (Å²) in [6.07, 6.45) is 8.25. The Morgan fingerprint density at radius 1 is 1.13 bits per heavy atom. The summed E-state index contributed by atoms with van der Waals surface area (Å²) in [5, 5.41) is 9.22. The Bertz CT molecular complexity index is 1210. The first-order valence-electron chi connectivity index (χ1n) is 11.6. The lowest BCUT2D eigenvalue weighted by atomic mass is 9.82. The third kappa shape index (κ3) is 8.21. The van der Waals surface area contributed by atoms with Crippen molar-refractivity contribution < 1.29 is 40.3 Å². The number of hydrogen-bond donors (Lipinski definition) is 2. The number of nitrogens with one attached hydrogen (secondary N) is 1. The third-order valence-corrected chi connectivity index (χ3v) is 8.26. The van der Waals surface area contributed by atoms with Gasteiger partial charge in [0.15, 0.2) is 0 Å². The highest BCUT2D eigenvalue weighted by molar-refractivity contribution is 7.89. The molecule has 1 aliphatic carbocycles. The summed E-state index contributed by atoms with van der Waals surface area (Å²) in [6, 6.07) is 4.94. The van der Waals surface area contributed by atoms with Crippen molar-refractivity contribution in [2.24, 2.45) is 0 Å². The molecule has 1 aromatic heterocycles. The summed E-state index contributed by atoms with van der Waals surface area (Å²) in [6.45, 7) is 1.70. The highest BCUT2D eigenvalue weighted by Crippen LogP contribution is 2.36. The van der Waals surface area contributed by atoms with Gasteiger partial charge in [-0.2, -0.15) is 4.31 Å². The molecule has 0 bridgehead atoms. The molecule has 208 valence electrons. The Balaban J connectivity index is 0.000000651. The largest absolute Gasteiger partial charge is 0.519 e. The van der Waals surface area contributed by atoms with Crippen LogP contribution in [-0.2, 0) is 21.4 Å². The number of sulfonamides is 1. The van der Waals surface area contributed by atoms with Gasteiger partial charge >= 0.3 is 6.36 Å². The molecule has 1 saturated heterocycles. The standard InChI is InChI=1S/C22H25F2N3O3S.C2H2.CHF3O/c1-14-5-10-21(27(14)31(29,30)18-8-6-17(23)7-9-18)22(28)26-12-16-11-20(15-3-2-4-15)25-13-19(16)24;1-2;2-1(3,4)5/h6-9,11,13-15,21H,2-5,10,12H2,1H3,(H,26,28);1-2H;5H/t14-,21-;;/m0../s1. The van der Waals surface area contributed by atoms with Crippen LogP contribution >= 0.6 is 0 Å². The van der Waals surface area contributed by atoms with Gasteiger partial charge in [0.1, 0.15) is 17.7 Å². The van der Waals surface area contributed by atoms with E-state index in [9.17, 15) is 35.2 Å². The van der Waals surface area contributed by atoms with E-state index in [1.165, 1.54) is 22.6 Å². The van der Waals surface area contributed by atoms with Crippen LogP contribution in [0.4, 0.5) is 22.0 Å². The summed E-state index contributed by atoms with van der Waals surface area (Å²) in [5.41, 5.74) is 1.16. The second-order valence-electron chi connectivity index (χ2n) is 8.75. The number of aliphatic hydroxyl groups is 1. The van der Waals surface area contributed by atoms with Gasteiger partial charge in [-0.1, -0.05) is 6.42 Å². The van der Waals surface area contributed by atoms with Crippen LogP contribution < -0.4 is 5.32 Å². The van der Waals surface area contributed by atoms with Gasteiger partial charge in [0.25, 0.3) is 0 Å². The van der Waals surface area contributed by atoms with Crippen LogP contribution in [-0.4, -0.2) is 47.2 Å². The van der Waals surface area contributed by atoms with Gasteiger partial charge < -0.3 is 10.4 Å². The molecule has 2 aromatic rings. The molecular weight excluding hydrogens is 533 g/mol. The molecule has 2 heterocycles. The first-order chi connectivity index (χ1) is 17.8. The molecule has 1 aliphatic heterocycles. The highest BCUT2D eigenvalue weighted by atomic mass is 32.2. The first kappa shape index (κ1) is 31.1. The number of rotatable bonds is 6. The lowest BCUT2D eigenvalue weighted by Crippen LogP contribution is -2.48. The van der Waals surface area contributed by atoms with Crippen molar-refractivity contribution in [3.63, 3.8) is 0 Å². The summed E-state index contributed by atoms with van der Waals surface area (Å²) in [7, 11) is -3.98. The molecular formula is C25H28F5N3O4S. The number of nitrogens with zero attached hydrogens (tertiary/aromatic N) is 2. The van der Waals surface area contributed by atoms with Crippen LogP contribution in [0.5, 0.6) is 0 Å². The number of aromatic nitrogens is 1. The molecule has 2 atom stereocenters. The molecule has 1 aromatic carbocycles. The number of amides is 1. The van der Waals surface area contributed by atoms with Crippen molar-refractivity contribution in [1.82, 2.24) is 14.6 Å². The van der Waals surface area contributed by atoms with Crippen LogP contribution in [0.3, 0.4) is 0 Å². The number of pyridine rings is 1. The number of terminal acetylenes is 1. The summed E-state index contributed by atoms with van der Waals surface area (Å²) in [5.74, 6) is -1.18. The fraction of sp³-hybridized carbons (Fsp3) is 0.440. The monoisotopic (exact) mass is 561 g/mol. The third-order valence-electron chi connectivity index (χ3n) is 6.22. The normalized spacial score (nSPS) is 19.8. The van der Waals surface area contributed by atoms with Crippen molar-refractivity contribution in [1.29, 1.82) is 0 Å². The summed E-state index contributed by atoms with van der Waals surface area (Å²) < 4.78 is 84.6. The van der Waals surface area contributed by atoms with E-state index >= 15 is 0 Å². The molecule has 2 aliphatic rings. The van der Waals surface area contributed by atoms with E-state index in [4.69, 9.17) is 5.11 Å². The molecule has 1 saturated carbocycles. The first-order valence-corrected chi connectivity index (χ1v) is 13.0. The van der Waals surface area contributed by atoms with Crippen LogP contribution in [0.1, 0.15) is 56.2 Å². The van der Waals surface area contributed by atoms with Gasteiger partial charge in [-0.25, -0.2) is 17.2 Å². The average Bonchev–Trinajstić information content (AvgIpc) is 3.21. The van der Waals surface area contributed by atoms with Crippen molar-refractivity contribution in [3.8, 4) is 12.8 Å². The lowest BCUT2D eigenvalue weighted by molar-refractivity contribution is -0.295. The molecule has 7 nitrogen and oxygen atoms in total. The molecule has 1 amide bonds. The SMILES string of the molecule is C#C.C[C@H]1CC[C@@H](C(=O)NCc2cc(C3CCC3)ncc2F)N1S(=O)(=O)c1ccc(F)cc1.OC(F)(F)F.